The molecule has 0 aliphatic carbocycles. The molecule has 0 unspecified atom stereocenters. The zero-order valence-corrected chi connectivity index (χ0v) is 18.8. The average Bonchev–Trinajstić information content (AvgIpc) is 3.10. The number of alkyl carbamates (subject to hydrolysis) is 1. The quantitative estimate of drug-likeness (QED) is 0.496. The lowest BCUT2D eigenvalue weighted by Gasteiger charge is -2.25. The van der Waals surface area contributed by atoms with Crippen molar-refractivity contribution in [2.75, 3.05) is 12.4 Å². The number of rotatable bonds is 9. The Labute approximate surface area is 187 Å². The number of carbonyl (C=O) groups is 4. The molecule has 0 saturated carbocycles. The van der Waals surface area contributed by atoms with Gasteiger partial charge >= 0.3 is 6.09 Å². The van der Waals surface area contributed by atoms with Crippen LogP contribution in [-0.4, -0.2) is 53.8 Å². The van der Waals surface area contributed by atoms with Gasteiger partial charge in [0.15, 0.2) is 5.78 Å². The van der Waals surface area contributed by atoms with Crippen molar-refractivity contribution >= 4 is 35.3 Å². The van der Waals surface area contributed by atoms with Crippen LogP contribution in [0.4, 0.5) is 4.79 Å². The van der Waals surface area contributed by atoms with Crippen LogP contribution in [0.3, 0.4) is 0 Å². The second kappa shape index (κ2) is 11.1. The van der Waals surface area contributed by atoms with Crippen LogP contribution in [0.5, 0.6) is 0 Å². The molecule has 0 aromatic heterocycles. The van der Waals surface area contributed by atoms with E-state index in [2.05, 4.69) is 16.0 Å². The number of ketones is 1. The highest BCUT2D eigenvalue weighted by Gasteiger charge is 2.33. The molecule has 9 heteroatoms. The van der Waals surface area contributed by atoms with Gasteiger partial charge in [0, 0.05) is 18.9 Å². The van der Waals surface area contributed by atoms with E-state index in [9.17, 15) is 19.2 Å². The van der Waals surface area contributed by atoms with E-state index in [1.165, 1.54) is 0 Å². The van der Waals surface area contributed by atoms with Gasteiger partial charge in [-0.3, -0.25) is 14.4 Å². The van der Waals surface area contributed by atoms with E-state index >= 15 is 0 Å². The van der Waals surface area contributed by atoms with Gasteiger partial charge in [0.1, 0.15) is 11.6 Å². The molecule has 0 spiro atoms. The fourth-order valence-corrected chi connectivity index (χ4v) is 3.49. The van der Waals surface area contributed by atoms with Crippen molar-refractivity contribution in [3.8, 4) is 0 Å². The number of hydrogen-bond acceptors (Lipinski definition) is 5. The molecular weight excluding hydrogens is 422 g/mol. The monoisotopic (exact) mass is 451 g/mol. The van der Waals surface area contributed by atoms with Crippen LogP contribution in [0.25, 0.3) is 0 Å². The summed E-state index contributed by atoms with van der Waals surface area (Å²) in [6.45, 7) is 5.71. The Morgan fingerprint density at radius 1 is 1.16 bits per heavy atom. The summed E-state index contributed by atoms with van der Waals surface area (Å²) in [5.41, 5.74) is 0.0965. The summed E-state index contributed by atoms with van der Waals surface area (Å²) in [7, 11) is 0. The maximum atomic E-state index is 13.1. The van der Waals surface area contributed by atoms with Crippen LogP contribution in [0.1, 0.15) is 39.2 Å². The van der Waals surface area contributed by atoms with Crippen molar-refractivity contribution in [1.29, 1.82) is 0 Å². The van der Waals surface area contributed by atoms with E-state index in [-0.39, 0.29) is 36.3 Å². The largest absolute Gasteiger partial charge is 0.444 e. The maximum absolute atomic E-state index is 13.1. The number of Topliss-reactive ketones (excluding diaryl/α,β-unsaturated/α-hetero) is 1. The van der Waals surface area contributed by atoms with Gasteiger partial charge in [0.25, 0.3) is 0 Å². The average molecular weight is 452 g/mol. The molecule has 0 bridgehead atoms. The van der Waals surface area contributed by atoms with Crippen molar-refractivity contribution in [2.24, 2.45) is 5.92 Å². The van der Waals surface area contributed by atoms with Gasteiger partial charge < -0.3 is 20.7 Å². The van der Waals surface area contributed by atoms with E-state index in [4.69, 9.17) is 16.3 Å². The second-order valence-corrected chi connectivity index (χ2v) is 8.83. The van der Waals surface area contributed by atoms with E-state index in [0.29, 0.717) is 13.0 Å². The SMILES string of the molecule is CC(C)(C)OC(=O)N[C@@H](Cc1ccccc1)C(=O)N[C@@H](C[C@@H]1CCNC1=O)C(=O)CCl. The van der Waals surface area contributed by atoms with Gasteiger partial charge in [-0.05, 0) is 39.2 Å². The first-order chi connectivity index (χ1) is 14.6. The summed E-state index contributed by atoms with van der Waals surface area (Å²) in [6, 6.07) is 7.29. The molecule has 0 radical (unpaired) electrons. The molecule has 1 heterocycles. The predicted molar refractivity (Wildman–Crippen MR) is 117 cm³/mol. The standard InChI is InChI=1S/C22H30ClN3O5/c1-22(2,3)31-21(30)26-17(11-14-7-5-4-6-8-14)20(29)25-16(18(27)13-23)12-15-9-10-24-19(15)28/h4-8,15-17H,9-13H2,1-3H3,(H,24,28)(H,25,29)(H,26,30)/t15-,16-,17-/m0/s1. The summed E-state index contributed by atoms with van der Waals surface area (Å²) in [4.78, 5) is 49.6. The Kier molecular flexibility index (Phi) is 8.86. The second-order valence-electron chi connectivity index (χ2n) is 8.56. The first kappa shape index (κ1) is 24.7. The fraction of sp³-hybridized carbons (Fsp3) is 0.545. The van der Waals surface area contributed by atoms with Gasteiger partial charge in [0.2, 0.25) is 11.8 Å². The first-order valence-corrected chi connectivity index (χ1v) is 10.8. The minimum atomic E-state index is -0.972. The summed E-state index contributed by atoms with van der Waals surface area (Å²) >= 11 is 5.73. The number of halogens is 1. The first-order valence-electron chi connectivity index (χ1n) is 10.3. The topological polar surface area (TPSA) is 114 Å². The molecule has 31 heavy (non-hydrogen) atoms. The van der Waals surface area contributed by atoms with Crippen molar-refractivity contribution < 1.29 is 23.9 Å². The Bertz CT molecular complexity index is 794. The minimum absolute atomic E-state index is 0.144. The van der Waals surface area contributed by atoms with Gasteiger partial charge in [-0.2, -0.15) is 0 Å². The van der Waals surface area contributed by atoms with Crippen molar-refractivity contribution in [3.63, 3.8) is 0 Å². The summed E-state index contributed by atoms with van der Waals surface area (Å²) in [5, 5.41) is 7.99. The molecule has 3 atom stereocenters. The lowest BCUT2D eigenvalue weighted by Crippen LogP contribution is -2.53. The van der Waals surface area contributed by atoms with Crippen LogP contribution in [0.2, 0.25) is 0 Å². The third-order valence-electron chi connectivity index (χ3n) is 4.81. The molecule has 3 N–H and O–H groups in total. The predicted octanol–water partition coefficient (Wildman–Crippen LogP) is 1.94. The summed E-state index contributed by atoms with van der Waals surface area (Å²) < 4.78 is 5.28. The zero-order valence-electron chi connectivity index (χ0n) is 18.1. The Balaban J connectivity index is 2.14. The fourth-order valence-electron chi connectivity index (χ4n) is 3.30. The van der Waals surface area contributed by atoms with Crippen molar-refractivity contribution in [2.45, 2.75) is 57.7 Å². The third-order valence-corrected chi connectivity index (χ3v) is 5.07. The number of alkyl halides is 1. The lowest BCUT2D eigenvalue weighted by atomic mass is 9.95. The van der Waals surface area contributed by atoms with E-state index < -0.39 is 29.7 Å². The number of ether oxygens (including phenoxy) is 1. The van der Waals surface area contributed by atoms with Gasteiger partial charge in [-0.15, -0.1) is 11.6 Å². The molecule has 8 nitrogen and oxygen atoms in total. The Morgan fingerprint density at radius 3 is 2.39 bits per heavy atom. The van der Waals surface area contributed by atoms with Crippen LogP contribution >= 0.6 is 11.6 Å². The smallest absolute Gasteiger partial charge is 0.408 e. The van der Waals surface area contributed by atoms with Crippen LogP contribution in [0.15, 0.2) is 30.3 Å². The Hall–Kier alpha value is -2.61. The summed E-state index contributed by atoms with van der Waals surface area (Å²) in [6.07, 6.45) is 0.217. The lowest BCUT2D eigenvalue weighted by molar-refractivity contribution is -0.129. The number of benzene rings is 1. The van der Waals surface area contributed by atoms with Crippen molar-refractivity contribution in [3.05, 3.63) is 35.9 Å². The highest BCUT2D eigenvalue weighted by atomic mass is 35.5. The van der Waals surface area contributed by atoms with Crippen LogP contribution in [0, 0.1) is 5.92 Å². The maximum Gasteiger partial charge on any atom is 0.408 e. The van der Waals surface area contributed by atoms with Crippen LogP contribution < -0.4 is 16.0 Å². The number of nitrogens with one attached hydrogen (secondary N) is 3. The van der Waals surface area contributed by atoms with E-state index in [0.717, 1.165) is 5.56 Å². The van der Waals surface area contributed by atoms with E-state index in [1.807, 2.05) is 30.3 Å². The molecule has 1 aliphatic heterocycles. The number of carbonyl (C=O) groups excluding carboxylic acids is 4. The van der Waals surface area contributed by atoms with Gasteiger partial charge in [-0.1, -0.05) is 30.3 Å². The molecule has 170 valence electrons. The number of amides is 3. The highest BCUT2D eigenvalue weighted by molar-refractivity contribution is 6.28. The molecule has 1 fully saturated rings. The van der Waals surface area contributed by atoms with Crippen molar-refractivity contribution in [1.82, 2.24) is 16.0 Å². The van der Waals surface area contributed by atoms with Crippen LogP contribution in [-0.2, 0) is 25.5 Å². The summed E-state index contributed by atoms with van der Waals surface area (Å²) in [5.74, 6) is -1.73. The highest BCUT2D eigenvalue weighted by Crippen LogP contribution is 2.17. The molecule has 1 aromatic rings. The normalized spacial score (nSPS) is 17.9. The molecule has 3 amide bonds. The molecule has 1 saturated heterocycles. The number of hydrogen-bond donors (Lipinski definition) is 3. The van der Waals surface area contributed by atoms with Gasteiger partial charge in [-0.25, -0.2) is 4.79 Å². The molecule has 1 aliphatic rings. The molecular formula is C22H30ClN3O5. The minimum Gasteiger partial charge on any atom is -0.444 e. The van der Waals surface area contributed by atoms with E-state index in [1.54, 1.807) is 20.8 Å². The van der Waals surface area contributed by atoms with Gasteiger partial charge in [0.05, 0.1) is 11.9 Å². The third kappa shape index (κ3) is 8.20. The molecule has 2 rings (SSSR count). The molecule has 1 aromatic carbocycles. The Morgan fingerprint density at radius 2 is 1.84 bits per heavy atom. The zero-order chi connectivity index (χ0) is 23.0.